The third-order valence-corrected chi connectivity index (χ3v) is 1.93. The zero-order valence-corrected chi connectivity index (χ0v) is 11.4. The van der Waals surface area contributed by atoms with Gasteiger partial charge in [-0.3, -0.25) is 0 Å². The molecule has 0 fully saturated rings. The normalized spacial score (nSPS) is 9.52. The van der Waals surface area contributed by atoms with Crippen molar-refractivity contribution in [2.45, 2.75) is 0 Å². The fourth-order valence-electron chi connectivity index (χ4n) is 0.997. The van der Waals surface area contributed by atoms with Crippen LogP contribution in [0.4, 0.5) is 35.1 Å². The van der Waals surface area contributed by atoms with Crippen molar-refractivity contribution in [1.82, 2.24) is 0 Å². The van der Waals surface area contributed by atoms with Gasteiger partial charge in [-0.1, -0.05) is 0 Å². The van der Waals surface area contributed by atoms with Crippen LogP contribution in [0.5, 0.6) is 0 Å². The first-order valence-corrected chi connectivity index (χ1v) is 4.82. The Labute approximate surface area is 128 Å². The molecule has 0 nitrogen and oxygen atoms in total. The van der Waals surface area contributed by atoms with Crippen molar-refractivity contribution in [3.05, 3.63) is 70.8 Å². The van der Waals surface area contributed by atoms with Crippen LogP contribution in [0.2, 0.25) is 0 Å². The van der Waals surface area contributed by atoms with E-state index in [1.807, 2.05) is 0 Å². The van der Waals surface area contributed by atoms with Crippen molar-refractivity contribution in [1.29, 1.82) is 0 Å². The molecule has 2 aromatic carbocycles. The van der Waals surface area contributed by atoms with Crippen LogP contribution in [0.1, 0.15) is 0 Å². The molecule has 112 valence electrons. The third kappa shape index (κ3) is 5.47. The summed E-state index contributed by atoms with van der Waals surface area (Å²) in [6.07, 6.45) is 0. The molecular weight excluding hydrogens is 344 g/mol. The zero-order chi connectivity index (χ0) is 15.4. The topological polar surface area (TPSA) is 0 Å². The minimum Gasteiger partial charge on any atom is -0.204 e. The standard InChI is InChI=1S/2C6H2F4.Ti/c2*7-3-1-4(8)6(10)2-5(3)9;/h2*1-2H;. The van der Waals surface area contributed by atoms with Gasteiger partial charge >= 0.3 is 0 Å². The molecule has 0 aromatic heterocycles. The molecule has 0 saturated carbocycles. The number of halogens is 8. The molecule has 2 aromatic rings. The van der Waals surface area contributed by atoms with Gasteiger partial charge in [-0.25, -0.2) is 35.1 Å². The second-order valence-electron chi connectivity index (χ2n) is 3.36. The summed E-state index contributed by atoms with van der Waals surface area (Å²) in [6.45, 7) is 0. The fourth-order valence-corrected chi connectivity index (χ4v) is 0.997. The Hall–Kier alpha value is -1.41. The molecule has 0 aliphatic heterocycles. The summed E-state index contributed by atoms with van der Waals surface area (Å²) in [5.41, 5.74) is 0. The Bertz CT molecular complexity index is 473. The molecule has 0 radical (unpaired) electrons. The number of benzene rings is 2. The van der Waals surface area contributed by atoms with Crippen molar-refractivity contribution in [2.24, 2.45) is 0 Å². The third-order valence-electron chi connectivity index (χ3n) is 1.93. The van der Waals surface area contributed by atoms with Crippen molar-refractivity contribution < 1.29 is 56.8 Å². The predicted octanol–water partition coefficient (Wildman–Crippen LogP) is 4.48. The molecule has 0 bridgehead atoms. The first kappa shape index (κ1) is 19.6. The maximum absolute atomic E-state index is 12.0. The van der Waals surface area contributed by atoms with Crippen LogP contribution in [0.15, 0.2) is 24.3 Å². The quantitative estimate of drug-likeness (QED) is 0.374. The van der Waals surface area contributed by atoms with Crippen LogP contribution in [-0.2, 0) is 21.7 Å². The number of hydrogen-bond donors (Lipinski definition) is 0. The molecule has 2 rings (SSSR count). The predicted molar refractivity (Wildman–Crippen MR) is 52.5 cm³/mol. The van der Waals surface area contributed by atoms with E-state index in [-0.39, 0.29) is 46.0 Å². The van der Waals surface area contributed by atoms with Crippen LogP contribution < -0.4 is 0 Å². The van der Waals surface area contributed by atoms with Crippen LogP contribution in [0.3, 0.4) is 0 Å². The molecule has 0 atom stereocenters. The van der Waals surface area contributed by atoms with E-state index < -0.39 is 46.5 Å². The summed E-state index contributed by atoms with van der Waals surface area (Å²) in [5.74, 6) is -11.1. The SMILES string of the molecule is Fc1cc(F)c(F)cc1F.Fc1cc(F)c(F)cc1F.[Ti]. The molecular formula is C12H4F8Ti. The summed E-state index contributed by atoms with van der Waals surface area (Å²) in [4.78, 5) is 0. The first-order chi connectivity index (χ1) is 9.22. The number of hydrogen-bond acceptors (Lipinski definition) is 0. The summed E-state index contributed by atoms with van der Waals surface area (Å²) in [5, 5.41) is 0. The van der Waals surface area contributed by atoms with Crippen LogP contribution in [0.25, 0.3) is 0 Å². The van der Waals surface area contributed by atoms with Gasteiger partial charge in [0, 0.05) is 46.0 Å². The van der Waals surface area contributed by atoms with Crippen LogP contribution in [-0.4, -0.2) is 0 Å². The molecule has 21 heavy (non-hydrogen) atoms. The average molecular weight is 348 g/mol. The van der Waals surface area contributed by atoms with Crippen LogP contribution >= 0.6 is 0 Å². The minimum absolute atomic E-state index is 0. The summed E-state index contributed by atoms with van der Waals surface area (Å²) >= 11 is 0. The van der Waals surface area contributed by atoms with Gasteiger partial charge in [-0.2, -0.15) is 0 Å². The van der Waals surface area contributed by atoms with Gasteiger partial charge in [0.15, 0.2) is 46.5 Å². The van der Waals surface area contributed by atoms with E-state index in [1.54, 1.807) is 0 Å². The van der Waals surface area contributed by atoms with Gasteiger partial charge < -0.3 is 0 Å². The van der Waals surface area contributed by atoms with E-state index in [2.05, 4.69) is 0 Å². The van der Waals surface area contributed by atoms with Crippen molar-refractivity contribution in [2.75, 3.05) is 0 Å². The van der Waals surface area contributed by atoms with Gasteiger partial charge in [0.2, 0.25) is 0 Å². The van der Waals surface area contributed by atoms with Gasteiger partial charge in [0.25, 0.3) is 0 Å². The number of rotatable bonds is 0. The molecule has 0 aliphatic rings. The van der Waals surface area contributed by atoms with E-state index in [4.69, 9.17) is 0 Å². The Morgan fingerprint density at radius 2 is 0.429 bits per heavy atom. The second-order valence-corrected chi connectivity index (χ2v) is 3.36. The van der Waals surface area contributed by atoms with Crippen molar-refractivity contribution >= 4 is 0 Å². The largest absolute Gasteiger partial charge is 0.204 e. The molecule has 9 heteroatoms. The molecule has 0 spiro atoms. The Balaban J connectivity index is 0.000000364. The molecule has 0 unspecified atom stereocenters. The molecule has 0 amide bonds. The molecule has 0 aliphatic carbocycles. The van der Waals surface area contributed by atoms with E-state index in [0.29, 0.717) is 0 Å². The second kappa shape index (κ2) is 8.14. The van der Waals surface area contributed by atoms with Gasteiger partial charge in [-0.05, 0) is 0 Å². The Kier molecular flexibility index (Phi) is 7.59. The average Bonchev–Trinajstić information content (AvgIpc) is 2.35. The van der Waals surface area contributed by atoms with Gasteiger partial charge in [0.1, 0.15) is 0 Å². The van der Waals surface area contributed by atoms with E-state index in [9.17, 15) is 35.1 Å². The maximum Gasteiger partial charge on any atom is 0.161 e. The Morgan fingerprint density at radius 1 is 0.333 bits per heavy atom. The van der Waals surface area contributed by atoms with Crippen molar-refractivity contribution in [3.8, 4) is 0 Å². The summed E-state index contributed by atoms with van der Waals surface area (Å²) < 4.78 is 95.8. The summed E-state index contributed by atoms with van der Waals surface area (Å²) in [7, 11) is 0. The summed E-state index contributed by atoms with van der Waals surface area (Å²) in [6, 6.07) is 0.630. The van der Waals surface area contributed by atoms with Crippen LogP contribution in [0, 0.1) is 46.5 Å². The van der Waals surface area contributed by atoms with Crippen molar-refractivity contribution in [3.63, 3.8) is 0 Å². The molecule has 0 saturated heterocycles. The Morgan fingerprint density at radius 3 is 0.524 bits per heavy atom. The maximum atomic E-state index is 12.0. The van der Waals surface area contributed by atoms with Gasteiger partial charge in [0.05, 0.1) is 0 Å². The minimum atomic E-state index is -1.39. The smallest absolute Gasteiger partial charge is 0.161 e. The van der Waals surface area contributed by atoms with E-state index in [0.717, 1.165) is 0 Å². The molecule has 0 heterocycles. The first-order valence-electron chi connectivity index (χ1n) is 4.82. The van der Waals surface area contributed by atoms with Gasteiger partial charge in [-0.15, -0.1) is 0 Å². The zero-order valence-electron chi connectivity index (χ0n) is 9.83. The fraction of sp³-hybridized carbons (Fsp3) is 0. The van der Waals surface area contributed by atoms with E-state index in [1.165, 1.54) is 0 Å². The molecule has 0 N–H and O–H groups in total. The van der Waals surface area contributed by atoms with E-state index >= 15 is 0 Å². The monoisotopic (exact) mass is 348 g/mol.